The number of ether oxygens (including phenoxy) is 1. The van der Waals surface area contributed by atoms with E-state index >= 15 is 0 Å². The van der Waals surface area contributed by atoms with Crippen LogP contribution in [0.15, 0.2) is 47.0 Å². The number of allylic oxidation sites excluding steroid dienone is 1. The highest BCUT2D eigenvalue weighted by Gasteiger charge is 2.35. The molecule has 8 nitrogen and oxygen atoms in total. The lowest BCUT2D eigenvalue weighted by atomic mass is 9.75. The minimum Gasteiger partial charge on any atom is -0.404 e. The number of amides is 2. The Morgan fingerprint density at radius 2 is 1.84 bits per heavy atom. The number of cyclic esters (lactones) is 1. The molecule has 1 aliphatic rings. The van der Waals surface area contributed by atoms with Gasteiger partial charge in [-0.2, -0.15) is 5.10 Å². The summed E-state index contributed by atoms with van der Waals surface area (Å²) in [4.78, 5) is 39.6. The molecule has 3 aromatic rings. The maximum absolute atomic E-state index is 13.2. The third-order valence-corrected chi connectivity index (χ3v) is 6.30. The quantitative estimate of drug-likeness (QED) is 0.572. The lowest BCUT2D eigenvalue weighted by molar-refractivity contribution is -0.116. The number of aromatic nitrogens is 3. The molecule has 1 aliphatic heterocycles. The highest BCUT2D eigenvalue weighted by molar-refractivity contribution is 6.07. The van der Waals surface area contributed by atoms with Crippen molar-refractivity contribution in [3.8, 4) is 11.3 Å². The van der Waals surface area contributed by atoms with E-state index in [-0.39, 0.29) is 11.3 Å². The van der Waals surface area contributed by atoms with Crippen LogP contribution in [0.3, 0.4) is 0 Å². The van der Waals surface area contributed by atoms with Crippen LogP contribution in [0, 0.1) is 6.92 Å². The van der Waals surface area contributed by atoms with Gasteiger partial charge < -0.3 is 9.72 Å². The summed E-state index contributed by atoms with van der Waals surface area (Å²) in [6, 6.07) is 9.68. The summed E-state index contributed by atoms with van der Waals surface area (Å²) < 4.78 is 6.94. The molecule has 0 bridgehead atoms. The number of nitrogens with one attached hydrogen (secondary N) is 2. The Morgan fingerprint density at radius 1 is 1.09 bits per heavy atom. The Balaban J connectivity index is 1.78. The maximum Gasteiger partial charge on any atom is 0.419 e. The van der Waals surface area contributed by atoms with Gasteiger partial charge in [-0.25, -0.2) is 4.79 Å². The fraction of sp³-hybridized carbons (Fsp3) is 0.333. The van der Waals surface area contributed by atoms with Gasteiger partial charge in [0, 0.05) is 34.2 Å². The lowest BCUT2D eigenvalue weighted by Crippen LogP contribution is -2.31. The minimum absolute atomic E-state index is 0.0733. The second-order valence-electron chi connectivity index (χ2n) is 7.96. The van der Waals surface area contributed by atoms with Crippen molar-refractivity contribution in [1.29, 1.82) is 0 Å². The number of benzene rings is 1. The van der Waals surface area contributed by atoms with Gasteiger partial charge in [0.1, 0.15) is 0 Å². The van der Waals surface area contributed by atoms with E-state index in [9.17, 15) is 14.4 Å². The Bertz CT molecular complexity index is 1310. The third kappa shape index (κ3) is 3.51. The van der Waals surface area contributed by atoms with Crippen LogP contribution in [0.2, 0.25) is 0 Å². The minimum atomic E-state index is -0.802. The summed E-state index contributed by atoms with van der Waals surface area (Å²) in [5, 5.41) is 7.74. The summed E-state index contributed by atoms with van der Waals surface area (Å²) in [5.74, 6) is -0.665. The molecule has 2 amide bonds. The van der Waals surface area contributed by atoms with E-state index in [4.69, 9.17) is 4.74 Å². The number of H-pyrrole nitrogens is 1. The molecule has 1 aromatic carbocycles. The fourth-order valence-electron chi connectivity index (χ4n) is 4.37. The maximum atomic E-state index is 13.2. The number of carbonyl (C=O) groups excluding carboxylic acids is 2. The van der Waals surface area contributed by atoms with E-state index < -0.39 is 17.4 Å². The molecule has 32 heavy (non-hydrogen) atoms. The Labute approximate surface area is 185 Å². The molecule has 0 atom stereocenters. The summed E-state index contributed by atoms with van der Waals surface area (Å²) in [7, 11) is 0. The molecule has 2 N–H and O–H groups in total. The SMILES string of the molecule is CCn1nc(C)c2ccc(-c3ccc(C(/C=C4/OC(=O)NC4=O)(CC)CC)c(=O)[nH]3)cc21. The summed E-state index contributed by atoms with van der Waals surface area (Å²) in [5.41, 5.74) is 3.10. The summed E-state index contributed by atoms with van der Waals surface area (Å²) in [6.45, 7) is 8.65. The average molecular weight is 434 g/mol. The average Bonchev–Trinajstić information content (AvgIpc) is 3.28. The first kappa shape index (κ1) is 21.5. The van der Waals surface area contributed by atoms with Crippen LogP contribution in [0.5, 0.6) is 0 Å². The molecule has 1 saturated heterocycles. The third-order valence-electron chi connectivity index (χ3n) is 6.30. The molecule has 1 fully saturated rings. The van der Waals surface area contributed by atoms with Crippen molar-refractivity contribution in [2.75, 3.05) is 0 Å². The smallest absolute Gasteiger partial charge is 0.404 e. The number of nitrogens with zero attached hydrogens (tertiary/aromatic N) is 2. The van der Waals surface area contributed by atoms with E-state index in [1.54, 1.807) is 12.1 Å². The van der Waals surface area contributed by atoms with Gasteiger partial charge in [0.05, 0.1) is 11.2 Å². The first-order valence-electron chi connectivity index (χ1n) is 10.8. The van der Waals surface area contributed by atoms with Crippen molar-refractivity contribution in [3.05, 3.63) is 63.8 Å². The number of imide groups is 1. The van der Waals surface area contributed by atoms with Gasteiger partial charge in [-0.15, -0.1) is 0 Å². The van der Waals surface area contributed by atoms with Gasteiger partial charge >= 0.3 is 6.09 Å². The molecule has 0 unspecified atom stereocenters. The van der Waals surface area contributed by atoms with Crippen molar-refractivity contribution in [1.82, 2.24) is 20.1 Å². The van der Waals surface area contributed by atoms with Gasteiger partial charge in [-0.1, -0.05) is 32.0 Å². The van der Waals surface area contributed by atoms with E-state index in [1.165, 1.54) is 0 Å². The van der Waals surface area contributed by atoms with E-state index in [1.807, 2.05) is 56.6 Å². The zero-order valence-corrected chi connectivity index (χ0v) is 18.6. The van der Waals surface area contributed by atoms with Crippen LogP contribution in [0.25, 0.3) is 22.2 Å². The van der Waals surface area contributed by atoms with Crippen LogP contribution in [-0.4, -0.2) is 26.8 Å². The van der Waals surface area contributed by atoms with Gasteiger partial charge in [-0.3, -0.25) is 19.6 Å². The van der Waals surface area contributed by atoms with Crippen molar-refractivity contribution < 1.29 is 14.3 Å². The molecule has 8 heteroatoms. The van der Waals surface area contributed by atoms with E-state index in [0.29, 0.717) is 24.1 Å². The molecule has 166 valence electrons. The molecule has 0 spiro atoms. The number of carbonyl (C=O) groups is 2. The molecular formula is C24H26N4O4. The second kappa shape index (κ2) is 8.11. The van der Waals surface area contributed by atoms with Gasteiger partial charge in [0.25, 0.3) is 11.5 Å². The molecule has 3 heterocycles. The van der Waals surface area contributed by atoms with Crippen LogP contribution in [-0.2, 0) is 21.5 Å². The predicted octanol–water partition coefficient (Wildman–Crippen LogP) is 3.93. The number of aromatic amines is 1. The van der Waals surface area contributed by atoms with E-state index in [2.05, 4.69) is 15.4 Å². The standard InChI is InChI=1S/C24H26N4O4/c1-5-24(6-2,13-20-22(30)26-23(31)32-20)17-10-11-18(25-21(17)29)15-8-9-16-14(4)27-28(7-3)19(16)12-15/h8-13H,5-7H2,1-4H3,(H,25,29)(H,26,30,31)/b20-13+. The Hall–Kier alpha value is -3.68. The molecule has 0 aliphatic carbocycles. The van der Waals surface area contributed by atoms with Crippen LogP contribution >= 0.6 is 0 Å². The number of rotatable bonds is 6. The normalized spacial score (nSPS) is 15.4. The molecule has 0 radical (unpaired) electrons. The molecular weight excluding hydrogens is 408 g/mol. The lowest BCUT2D eigenvalue weighted by Gasteiger charge is -2.28. The molecule has 2 aromatic heterocycles. The van der Waals surface area contributed by atoms with E-state index in [0.717, 1.165) is 28.7 Å². The van der Waals surface area contributed by atoms with Crippen molar-refractivity contribution in [3.63, 3.8) is 0 Å². The first-order chi connectivity index (χ1) is 15.3. The number of hydrogen-bond donors (Lipinski definition) is 2. The number of alkyl carbamates (subject to hydrolysis) is 1. The van der Waals surface area contributed by atoms with Gasteiger partial charge in [-0.05, 0) is 44.9 Å². The largest absolute Gasteiger partial charge is 0.419 e. The highest BCUT2D eigenvalue weighted by atomic mass is 16.6. The molecule has 0 saturated carbocycles. The predicted molar refractivity (Wildman–Crippen MR) is 121 cm³/mol. The Morgan fingerprint density at radius 3 is 2.44 bits per heavy atom. The monoisotopic (exact) mass is 434 g/mol. The number of hydrogen-bond acceptors (Lipinski definition) is 5. The van der Waals surface area contributed by atoms with Gasteiger partial charge in [0.15, 0.2) is 5.76 Å². The number of pyridine rings is 1. The van der Waals surface area contributed by atoms with Crippen molar-refractivity contribution in [2.24, 2.45) is 0 Å². The number of fused-ring (bicyclic) bond motifs is 1. The second-order valence-corrected chi connectivity index (χ2v) is 7.96. The van der Waals surface area contributed by atoms with Gasteiger partial charge in [0.2, 0.25) is 0 Å². The van der Waals surface area contributed by atoms with Crippen molar-refractivity contribution in [2.45, 2.75) is 52.5 Å². The highest BCUT2D eigenvalue weighted by Crippen LogP contribution is 2.34. The zero-order chi connectivity index (χ0) is 23.0. The number of aryl methyl sites for hydroxylation is 2. The summed E-state index contributed by atoms with van der Waals surface area (Å²) >= 11 is 0. The molecule has 4 rings (SSSR count). The van der Waals surface area contributed by atoms with Crippen LogP contribution in [0.1, 0.15) is 44.9 Å². The van der Waals surface area contributed by atoms with Crippen LogP contribution < -0.4 is 10.9 Å². The Kier molecular flexibility index (Phi) is 5.46. The van der Waals surface area contributed by atoms with Crippen LogP contribution in [0.4, 0.5) is 4.79 Å². The first-order valence-corrected chi connectivity index (χ1v) is 10.8. The zero-order valence-electron chi connectivity index (χ0n) is 18.6. The summed E-state index contributed by atoms with van der Waals surface area (Å²) in [6.07, 6.45) is 1.90. The fourth-order valence-corrected chi connectivity index (χ4v) is 4.37. The topological polar surface area (TPSA) is 106 Å². The van der Waals surface area contributed by atoms with Crippen molar-refractivity contribution >= 4 is 22.9 Å².